The molecule has 2 aromatic rings. The molecular weight excluding hydrogens is 320 g/mol. The number of tetrazole rings is 1. The average molecular weight is 329 g/mol. The second-order valence-electron chi connectivity index (χ2n) is 4.32. The molecule has 21 heavy (non-hydrogen) atoms. The molecule has 0 saturated carbocycles. The molecule has 2 heterocycles. The molecule has 0 aliphatic carbocycles. The summed E-state index contributed by atoms with van der Waals surface area (Å²) >= 11 is 5.98. The van der Waals surface area contributed by atoms with E-state index in [-0.39, 0.29) is 34.6 Å². The second-order valence-corrected chi connectivity index (χ2v) is 6.46. The first-order chi connectivity index (χ1) is 9.95. The Morgan fingerprint density at radius 1 is 1.38 bits per heavy atom. The molecule has 1 amide bonds. The minimum absolute atomic E-state index is 0.0246. The summed E-state index contributed by atoms with van der Waals surface area (Å²) in [7, 11) is -3.85. The van der Waals surface area contributed by atoms with Gasteiger partial charge in [-0.2, -0.15) is 5.21 Å². The van der Waals surface area contributed by atoms with Crippen LogP contribution in [0.25, 0.3) is 0 Å². The van der Waals surface area contributed by atoms with Gasteiger partial charge in [-0.1, -0.05) is 16.8 Å². The number of aromatic nitrogens is 4. The predicted molar refractivity (Wildman–Crippen MR) is 72.0 cm³/mol. The fourth-order valence-corrected chi connectivity index (χ4v) is 3.48. The average Bonchev–Trinajstić information content (AvgIpc) is 3.03. The number of amides is 1. The van der Waals surface area contributed by atoms with Gasteiger partial charge in [-0.15, -0.1) is 10.2 Å². The maximum Gasteiger partial charge on any atom is 0.242 e. The van der Waals surface area contributed by atoms with Gasteiger partial charge in [-0.3, -0.25) is 4.79 Å². The molecule has 0 spiro atoms. The molecule has 1 aliphatic rings. The van der Waals surface area contributed by atoms with Crippen LogP contribution >= 0.6 is 11.6 Å². The maximum atomic E-state index is 12.2. The van der Waals surface area contributed by atoms with Crippen LogP contribution < -0.4 is 10.0 Å². The Morgan fingerprint density at radius 3 is 2.90 bits per heavy atom. The highest BCUT2D eigenvalue weighted by Crippen LogP contribution is 2.32. The minimum atomic E-state index is -3.85. The first-order valence-corrected chi connectivity index (χ1v) is 7.66. The maximum absolute atomic E-state index is 12.2. The smallest absolute Gasteiger partial charge is 0.242 e. The molecule has 0 radical (unpaired) electrons. The number of halogens is 1. The SMILES string of the molecule is O=C1Cc2cc(S(=O)(=O)NCc3nn[nH]n3)c(Cl)cc2N1. The number of H-pyrrole nitrogens is 1. The number of anilines is 1. The van der Waals surface area contributed by atoms with Crippen molar-refractivity contribution in [3.8, 4) is 0 Å². The van der Waals surface area contributed by atoms with Gasteiger partial charge in [0.2, 0.25) is 15.9 Å². The molecule has 1 aromatic carbocycles. The van der Waals surface area contributed by atoms with Crippen LogP contribution in [0.15, 0.2) is 17.0 Å². The van der Waals surface area contributed by atoms with Gasteiger partial charge in [0.25, 0.3) is 0 Å². The summed E-state index contributed by atoms with van der Waals surface area (Å²) in [4.78, 5) is 11.2. The summed E-state index contributed by atoms with van der Waals surface area (Å²) in [6, 6.07) is 2.80. The van der Waals surface area contributed by atoms with Gasteiger partial charge in [0.1, 0.15) is 4.90 Å². The highest BCUT2D eigenvalue weighted by atomic mass is 35.5. The molecule has 11 heteroatoms. The van der Waals surface area contributed by atoms with Crippen LogP contribution in [-0.4, -0.2) is 34.9 Å². The normalized spacial score (nSPS) is 14.0. The van der Waals surface area contributed by atoms with Crippen molar-refractivity contribution in [2.75, 3.05) is 5.32 Å². The first kappa shape index (κ1) is 13.9. The van der Waals surface area contributed by atoms with E-state index in [1.165, 1.54) is 12.1 Å². The molecular formula is C10H9ClN6O3S. The molecule has 0 unspecified atom stereocenters. The summed E-state index contributed by atoms with van der Waals surface area (Å²) in [5, 5.41) is 15.5. The number of carbonyl (C=O) groups is 1. The van der Waals surface area contributed by atoms with E-state index in [1.807, 2.05) is 0 Å². The molecule has 1 aromatic heterocycles. The van der Waals surface area contributed by atoms with Crippen LogP contribution in [0.4, 0.5) is 5.69 Å². The zero-order valence-corrected chi connectivity index (χ0v) is 12.0. The van der Waals surface area contributed by atoms with E-state index < -0.39 is 10.0 Å². The molecule has 0 bridgehead atoms. The Hall–Kier alpha value is -2.04. The van der Waals surface area contributed by atoms with Crippen LogP contribution in [0.2, 0.25) is 5.02 Å². The Labute approximate surface area is 124 Å². The predicted octanol–water partition coefficient (Wildman–Crippen LogP) is -0.174. The number of nitrogens with one attached hydrogen (secondary N) is 3. The van der Waals surface area contributed by atoms with Crippen molar-refractivity contribution >= 4 is 33.2 Å². The first-order valence-electron chi connectivity index (χ1n) is 5.80. The van der Waals surface area contributed by atoms with Gasteiger partial charge in [-0.05, 0) is 17.7 Å². The zero-order valence-electron chi connectivity index (χ0n) is 10.4. The highest BCUT2D eigenvalue weighted by molar-refractivity contribution is 7.89. The van der Waals surface area contributed by atoms with E-state index in [0.29, 0.717) is 11.3 Å². The van der Waals surface area contributed by atoms with Gasteiger partial charge in [-0.25, -0.2) is 13.1 Å². The fraction of sp³-hybridized carbons (Fsp3) is 0.200. The van der Waals surface area contributed by atoms with Crippen molar-refractivity contribution < 1.29 is 13.2 Å². The fourth-order valence-electron chi connectivity index (χ4n) is 1.93. The van der Waals surface area contributed by atoms with E-state index in [4.69, 9.17) is 11.6 Å². The molecule has 9 nitrogen and oxygen atoms in total. The van der Waals surface area contributed by atoms with Crippen molar-refractivity contribution in [3.05, 3.63) is 28.5 Å². The lowest BCUT2D eigenvalue weighted by Gasteiger charge is -2.09. The Kier molecular flexibility index (Phi) is 3.35. The van der Waals surface area contributed by atoms with Crippen LogP contribution in [0.1, 0.15) is 11.4 Å². The van der Waals surface area contributed by atoms with Crippen LogP contribution in [0.5, 0.6) is 0 Å². The summed E-state index contributed by atoms with van der Waals surface area (Å²) in [5.74, 6) is 0.00285. The van der Waals surface area contributed by atoms with Crippen LogP contribution in [0.3, 0.4) is 0 Å². The molecule has 0 saturated heterocycles. The molecule has 1 aliphatic heterocycles. The number of aromatic amines is 1. The largest absolute Gasteiger partial charge is 0.325 e. The number of fused-ring (bicyclic) bond motifs is 1. The van der Waals surface area contributed by atoms with Crippen molar-refractivity contribution in [2.24, 2.45) is 0 Å². The lowest BCUT2D eigenvalue weighted by atomic mass is 10.2. The van der Waals surface area contributed by atoms with Crippen molar-refractivity contribution in [3.63, 3.8) is 0 Å². The molecule has 0 fully saturated rings. The van der Waals surface area contributed by atoms with Gasteiger partial charge in [0.05, 0.1) is 18.0 Å². The standard InChI is InChI=1S/C10H9ClN6O3S/c11-6-3-7-5(2-10(18)13-7)1-8(6)21(19,20)12-4-9-14-16-17-15-9/h1,3,12H,2,4H2,(H,13,18)(H,14,15,16,17). The third kappa shape index (κ3) is 2.73. The quantitative estimate of drug-likeness (QED) is 0.714. The number of hydrogen-bond acceptors (Lipinski definition) is 6. The number of carbonyl (C=O) groups excluding carboxylic acids is 1. The number of nitrogens with zero attached hydrogens (tertiary/aromatic N) is 3. The van der Waals surface area contributed by atoms with Gasteiger partial charge < -0.3 is 5.32 Å². The summed E-state index contributed by atoms with van der Waals surface area (Å²) in [6.45, 7) is -0.122. The number of hydrogen-bond donors (Lipinski definition) is 3. The van der Waals surface area contributed by atoms with E-state index in [1.54, 1.807) is 0 Å². The number of rotatable bonds is 4. The van der Waals surface area contributed by atoms with Crippen LogP contribution in [-0.2, 0) is 27.8 Å². The summed E-state index contributed by atoms with van der Waals surface area (Å²) < 4.78 is 26.8. The van der Waals surface area contributed by atoms with Gasteiger partial charge in [0.15, 0.2) is 5.82 Å². The summed E-state index contributed by atoms with van der Waals surface area (Å²) in [6.07, 6.45) is 0.125. The van der Waals surface area contributed by atoms with E-state index in [0.717, 1.165) is 0 Å². The Morgan fingerprint density at radius 2 is 2.19 bits per heavy atom. The molecule has 110 valence electrons. The van der Waals surface area contributed by atoms with Crippen molar-refractivity contribution in [1.82, 2.24) is 25.3 Å². The van der Waals surface area contributed by atoms with Crippen molar-refractivity contribution in [2.45, 2.75) is 17.9 Å². The zero-order chi connectivity index (χ0) is 15.0. The molecule has 0 atom stereocenters. The molecule has 3 N–H and O–H groups in total. The number of sulfonamides is 1. The highest BCUT2D eigenvalue weighted by Gasteiger charge is 2.25. The number of benzene rings is 1. The van der Waals surface area contributed by atoms with Gasteiger partial charge >= 0.3 is 0 Å². The second kappa shape index (κ2) is 5.06. The third-order valence-corrected chi connectivity index (χ3v) is 4.75. The topological polar surface area (TPSA) is 130 Å². The molecule has 3 rings (SSSR count). The van der Waals surface area contributed by atoms with E-state index in [2.05, 4.69) is 30.7 Å². The Balaban J connectivity index is 1.89. The Bertz CT molecular complexity index is 804. The van der Waals surface area contributed by atoms with E-state index >= 15 is 0 Å². The van der Waals surface area contributed by atoms with Gasteiger partial charge in [0, 0.05) is 5.69 Å². The minimum Gasteiger partial charge on any atom is -0.325 e. The third-order valence-electron chi connectivity index (χ3n) is 2.88. The van der Waals surface area contributed by atoms with Crippen molar-refractivity contribution in [1.29, 1.82) is 0 Å². The monoisotopic (exact) mass is 328 g/mol. The summed E-state index contributed by atoms with van der Waals surface area (Å²) in [5.41, 5.74) is 1.12. The lowest BCUT2D eigenvalue weighted by Crippen LogP contribution is -2.24. The van der Waals surface area contributed by atoms with Crippen LogP contribution in [0, 0.1) is 0 Å². The van der Waals surface area contributed by atoms with E-state index in [9.17, 15) is 13.2 Å². The lowest BCUT2D eigenvalue weighted by molar-refractivity contribution is -0.115.